The number of carbonyl (C=O) groups excluding carboxylic acids is 2. The van der Waals surface area contributed by atoms with Crippen LogP contribution in [0.1, 0.15) is 47.8 Å². The maximum absolute atomic E-state index is 12.1. The summed E-state index contributed by atoms with van der Waals surface area (Å²) in [5.41, 5.74) is 8.63. The number of pyridine rings is 1. The molecule has 0 bridgehead atoms. The zero-order valence-corrected chi connectivity index (χ0v) is 14.6. The van der Waals surface area contributed by atoms with Gasteiger partial charge in [0.2, 0.25) is 11.8 Å². The van der Waals surface area contributed by atoms with Crippen molar-refractivity contribution in [3.63, 3.8) is 0 Å². The second kappa shape index (κ2) is 6.55. The van der Waals surface area contributed by atoms with Crippen LogP contribution in [0.4, 0.5) is 11.5 Å². The minimum absolute atomic E-state index is 0.0208. The van der Waals surface area contributed by atoms with Crippen LogP contribution in [-0.2, 0) is 4.79 Å². The van der Waals surface area contributed by atoms with Crippen molar-refractivity contribution in [1.82, 2.24) is 4.98 Å². The Balaban J connectivity index is 2.03. The molecule has 2 heterocycles. The van der Waals surface area contributed by atoms with Crippen LogP contribution in [0.25, 0.3) is 0 Å². The van der Waals surface area contributed by atoms with Gasteiger partial charge in [0, 0.05) is 30.4 Å². The molecule has 0 unspecified atom stereocenters. The number of benzene rings is 1. The number of amides is 2. The molecule has 0 aliphatic carbocycles. The van der Waals surface area contributed by atoms with E-state index in [9.17, 15) is 9.59 Å². The first-order chi connectivity index (χ1) is 11.9. The molecule has 0 saturated carbocycles. The summed E-state index contributed by atoms with van der Waals surface area (Å²) in [5.74, 6) is 0.255. The molecule has 130 valence electrons. The van der Waals surface area contributed by atoms with E-state index in [0.717, 1.165) is 22.6 Å². The van der Waals surface area contributed by atoms with Gasteiger partial charge in [-0.05, 0) is 55.7 Å². The van der Waals surface area contributed by atoms with Crippen molar-refractivity contribution >= 4 is 23.3 Å². The summed E-state index contributed by atoms with van der Waals surface area (Å²) in [6.07, 6.45) is 2.52. The zero-order valence-electron chi connectivity index (χ0n) is 14.6. The number of fused-ring (bicyclic) bond motifs is 1. The van der Waals surface area contributed by atoms with Crippen LogP contribution < -0.4 is 16.0 Å². The molecule has 6 nitrogen and oxygen atoms in total. The largest absolute Gasteiger partial charge is 0.366 e. The van der Waals surface area contributed by atoms with Gasteiger partial charge in [0.25, 0.3) is 0 Å². The second-order valence-corrected chi connectivity index (χ2v) is 6.53. The second-order valence-electron chi connectivity index (χ2n) is 6.53. The van der Waals surface area contributed by atoms with E-state index in [4.69, 9.17) is 5.73 Å². The van der Waals surface area contributed by atoms with Gasteiger partial charge in [-0.1, -0.05) is 6.07 Å². The van der Waals surface area contributed by atoms with Crippen molar-refractivity contribution < 1.29 is 9.59 Å². The molecule has 6 heteroatoms. The predicted molar refractivity (Wildman–Crippen MR) is 97.5 cm³/mol. The Kier molecular flexibility index (Phi) is 4.44. The molecule has 1 aliphatic heterocycles. The quantitative estimate of drug-likeness (QED) is 0.901. The highest BCUT2D eigenvalue weighted by Gasteiger charge is 2.33. The molecule has 0 saturated heterocycles. The number of aromatic nitrogens is 1. The average molecular weight is 338 g/mol. The van der Waals surface area contributed by atoms with E-state index >= 15 is 0 Å². The maximum Gasteiger partial charge on any atom is 0.248 e. The summed E-state index contributed by atoms with van der Waals surface area (Å²) in [7, 11) is 0. The van der Waals surface area contributed by atoms with Gasteiger partial charge in [-0.2, -0.15) is 0 Å². The number of aryl methyl sites for hydroxylation is 1. The average Bonchev–Trinajstić information content (AvgIpc) is 2.56. The number of nitrogens with one attached hydrogen (secondary N) is 1. The minimum Gasteiger partial charge on any atom is -0.366 e. The summed E-state index contributed by atoms with van der Waals surface area (Å²) < 4.78 is 0. The van der Waals surface area contributed by atoms with Crippen molar-refractivity contribution in [2.45, 2.75) is 39.3 Å². The first-order valence-electron chi connectivity index (χ1n) is 8.29. The van der Waals surface area contributed by atoms with Gasteiger partial charge in [0.05, 0.1) is 6.04 Å². The number of hydrogen-bond acceptors (Lipinski definition) is 4. The lowest BCUT2D eigenvalue weighted by Gasteiger charge is -2.39. The van der Waals surface area contributed by atoms with Crippen LogP contribution in [0, 0.1) is 6.92 Å². The van der Waals surface area contributed by atoms with Gasteiger partial charge in [0.15, 0.2) is 0 Å². The van der Waals surface area contributed by atoms with E-state index in [-0.39, 0.29) is 18.0 Å². The molecule has 2 aromatic rings. The van der Waals surface area contributed by atoms with E-state index in [1.54, 1.807) is 36.2 Å². The number of nitrogens with zero attached hydrogens (tertiary/aromatic N) is 2. The number of nitrogens with two attached hydrogens (primary N) is 1. The Morgan fingerprint density at radius 3 is 2.64 bits per heavy atom. The maximum atomic E-state index is 12.1. The lowest BCUT2D eigenvalue weighted by atomic mass is 9.90. The third-order valence-electron chi connectivity index (χ3n) is 4.54. The topological polar surface area (TPSA) is 88.3 Å². The van der Waals surface area contributed by atoms with Crippen molar-refractivity contribution in [3.05, 3.63) is 53.2 Å². The molecular weight excluding hydrogens is 316 g/mol. The highest BCUT2D eigenvalue weighted by molar-refractivity contribution is 5.97. The summed E-state index contributed by atoms with van der Waals surface area (Å²) in [6, 6.07) is 9.12. The summed E-state index contributed by atoms with van der Waals surface area (Å²) >= 11 is 0. The molecule has 1 aromatic heterocycles. The zero-order chi connectivity index (χ0) is 18.1. The first-order valence-corrected chi connectivity index (χ1v) is 8.29. The molecule has 2 atom stereocenters. The molecule has 3 rings (SSSR count). The van der Waals surface area contributed by atoms with E-state index in [1.165, 1.54) is 0 Å². The highest BCUT2D eigenvalue weighted by atomic mass is 16.2. The van der Waals surface area contributed by atoms with Crippen LogP contribution in [0.2, 0.25) is 0 Å². The van der Waals surface area contributed by atoms with Crippen molar-refractivity contribution in [2.75, 3.05) is 10.2 Å². The molecule has 3 N–H and O–H groups in total. The lowest BCUT2D eigenvalue weighted by molar-refractivity contribution is -0.117. The number of primary amides is 1. The lowest BCUT2D eigenvalue weighted by Crippen LogP contribution is -2.43. The Hall–Kier alpha value is -2.89. The first kappa shape index (κ1) is 17.0. The van der Waals surface area contributed by atoms with Gasteiger partial charge in [-0.15, -0.1) is 0 Å². The van der Waals surface area contributed by atoms with Crippen LogP contribution >= 0.6 is 0 Å². The summed E-state index contributed by atoms with van der Waals surface area (Å²) in [5, 5.41) is 3.42. The Morgan fingerprint density at radius 1 is 1.28 bits per heavy atom. The predicted octanol–water partition coefficient (Wildman–Crippen LogP) is 2.79. The fraction of sp³-hybridized carbons (Fsp3) is 0.316. The molecule has 1 aliphatic rings. The van der Waals surface area contributed by atoms with Gasteiger partial charge < -0.3 is 16.0 Å². The monoisotopic (exact) mass is 338 g/mol. The van der Waals surface area contributed by atoms with Crippen LogP contribution in [0.5, 0.6) is 0 Å². The van der Waals surface area contributed by atoms with Crippen LogP contribution in [0.15, 0.2) is 36.5 Å². The molecule has 25 heavy (non-hydrogen) atoms. The van der Waals surface area contributed by atoms with Gasteiger partial charge in [-0.25, -0.2) is 4.98 Å². The van der Waals surface area contributed by atoms with Crippen LogP contribution in [0.3, 0.4) is 0 Å². The number of rotatable bonds is 3. The molecule has 0 fully saturated rings. The highest BCUT2D eigenvalue weighted by Crippen LogP contribution is 2.39. The van der Waals surface area contributed by atoms with Crippen molar-refractivity contribution in [1.29, 1.82) is 0 Å². The fourth-order valence-electron chi connectivity index (χ4n) is 3.37. The number of hydrogen-bond donors (Lipinski definition) is 2. The molecule has 0 radical (unpaired) electrons. The van der Waals surface area contributed by atoms with E-state index in [1.807, 2.05) is 26.0 Å². The van der Waals surface area contributed by atoms with Crippen LogP contribution in [-0.4, -0.2) is 22.8 Å². The number of anilines is 2. The normalized spacial score (nSPS) is 19.2. The summed E-state index contributed by atoms with van der Waals surface area (Å²) in [6.45, 7) is 5.56. The van der Waals surface area contributed by atoms with E-state index in [2.05, 4.69) is 10.3 Å². The van der Waals surface area contributed by atoms with Gasteiger partial charge in [0.1, 0.15) is 5.82 Å². The SMILES string of the molecule is CC(=O)N1c2ccc(C(N)=O)cc2[C@H](Nc2ccc(C)cn2)C[C@@H]1C. The third kappa shape index (κ3) is 3.33. The van der Waals surface area contributed by atoms with E-state index in [0.29, 0.717) is 12.0 Å². The molecular formula is C19H22N4O2. The smallest absolute Gasteiger partial charge is 0.248 e. The Morgan fingerprint density at radius 2 is 2.04 bits per heavy atom. The fourth-order valence-corrected chi connectivity index (χ4v) is 3.37. The minimum atomic E-state index is -0.483. The Labute approximate surface area is 147 Å². The van der Waals surface area contributed by atoms with Crippen molar-refractivity contribution in [2.24, 2.45) is 5.73 Å². The van der Waals surface area contributed by atoms with Gasteiger partial charge >= 0.3 is 0 Å². The standard InChI is InChI=1S/C19H22N4O2/c1-11-4-7-18(21-10-11)22-16-8-12(2)23(13(3)24)17-6-5-14(19(20)25)9-15(16)17/h4-7,9-10,12,16H,8H2,1-3H3,(H2,20,25)(H,21,22)/t12-,16+/m0/s1. The third-order valence-corrected chi connectivity index (χ3v) is 4.54. The van der Waals surface area contributed by atoms with Crippen molar-refractivity contribution in [3.8, 4) is 0 Å². The molecule has 2 amide bonds. The summed E-state index contributed by atoms with van der Waals surface area (Å²) in [4.78, 5) is 29.8. The number of carbonyl (C=O) groups is 2. The molecule has 1 aromatic carbocycles. The van der Waals surface area contributed by atoms with E-state index < -0.39 is 5.91 Å². The Bertz CT molecular complexity index is 817. The molecule has 0 spiro atoms. The van der Waals surface area contributed by atoms with Gasteiger partial charge in [-0.3, -0.25) is 9.59 Å².